The van der Waals surface area contributed by atoms with Crippen LogP contribution in [-0.4, -0.2) is 33.8 Å². The number of methoxy groups -OCH3 is 1. The van der Waals surface area contributed by atoms with Crippen LogP contribution in [0.1, 0.15) is 24.6 Å². The first-order valence-electron chi connectivity index (χ1n) is 8.37. The minimum Gasteiger partial charge on any atom is -0.497 e. The van der Waals surface area contributed by atoms with Gasteiger partial charge in [-0.15, -0.1) is 5.10 Å². The first-order valence-corrected chi connectivity index (χ1v) is 8.37. The molecule has 0 radical (unpaired) electrons. The van der Waals surface area contributed by atoms with Crippen molar-refractivity contribution in [1.29, 1.82) is 0 Å². The van der Waals surface area contributed by atoms with Gasteiger partial charge < -0.3 is 9.64 Å². The lowest BCUT2D eigenvalue weighted by Crippen LogP contribution is -2.25. The monoisotopic (exact) mass is 333 g/mol. The van der Waals surface area contributed by atoms with Crippen molar-refractivity contribution in [3.63, 3.8) is 0 Å². The summed E-state index contributed by atoms with van der Waals surface area (Å²) in [5.41, 5.74) is 2.85. The third-order valence-corrected chi connectivity index (χ3v) is 4.47. The Morgan fingerprint density at radius 3 is 2.76 bits per heavy atom. The van der Waals surface area contributed by atoms with Gasteiger partial charge in [-0.25, -0.2) is 4.98 Å². The van der Waals surface area contributed by atoms with E-state index >= 15 is 0 Å². The molecule has 6 nitrogen and oxygen atoms in total. The Balaban J connectivity index is 1.64. The largest absolute Gasteiger partial charge is 0.497 e. The Bertz CT molecular complexity index is 838. The summed E-state index contributed by atoms with van der Waals surface area (Å²) in [6, 6.07) is 14.0. The van der Waals surface area contributed by atoms with Crippen molar-refractivity contribution in [2.24, 2.45) is 0 Å². The number of aromatic nitrogens is 4. The van der Waals surface area contributed by atoms with Gasteiger partial charge in [-0.3, -0.25) is 4.98 Å². The maximum absolute atomic E-state index is 5.21. The second kappa shape index (κ2) is 6.84. The molecule has 1 saturated heterocycles. The molecule has 1 aliphatic rings. The van der Waals surface area contributed by atoms with Gasteiger partial charge in [-0.2, -0.15) is 5.10 Å². The Labute approximate surface area is 146 Å². The van der Waals surface area contributed by atoms with Crippen LogP contribution in [0.25, 0.3) is 11.3 Å². The Morgan fingerprint density at radius 1 is 1.12 bits per heavy atom. The van der Waals surface area contributed by atoms with E-state index in [1.54, 1.807) is 13.3 Å². The molecule has 4 rings (SSSR count). The number of pyridine rings is 1. The number of benzene rings is 1. The molecule has 0 amide bonds. The van der Waals surface area contributed by atoms with Crippen LogP contribution in [0, 0.1) is 0 Å². The lowest BCUT2D eigenvalue weighted by Gasteiger charge is -2.23. The highest BCUT2D eigenvalue weighted by Gasteiger charge is 2.29. The fraction of sp³-hybridized carbons (Fsp3) is 0.263. The van der Waals surface area contributed by atoms with Crippen LogP contribution in [-0.2, 0) is 0 Å². The van der Waals surface area contributed by atoms with Crippen LogP contribution in [0.5, 0.6) is 5.75 Å². The van der Waals surface area contributed by atoms with Crippen LogP contribution in [0.4, 0.5) is 5.95 Å². The molecule has 1 atom stereocenters. The quantitative estimate of drug-likeness (QED) is 0.730. The zero-order chi connectivity index (χ0) is 17.1. The van der Waals surface area contributed by atoms with Gasteiger partial charge in [0.1, 0.15) is 5.75 Å². The van der Waals surface area contributed by atoms with E-state index in [0.29, 0.717) is 5.95 Å². The lowest BCUT2D eigenvalue weighted by atomic mass is 10.1. The summed E-state index contributed by atoms with van der Waals surface area (Å²) in [6.45, 7) is 0.912. The first kappa shape index (κ1) is 15.5. The molecule has 126 valence electrons. The van der Waals surface area contributed by atoms with Gasteiger partial charge in [0.15, 0.2) is 0 Å². The van der Waals surface area contributed by atoms with E-state index in [9.17, 15) is 0 Å². The zero-order valence-corrected chi connectivity index (χ0v) is 14.0. The molecule has 0 spiro atoms. The Kier molecular flexibility index (Phi) is 4.24. The number of nitrogens with zero attached hydrogens (tertiary/aromatic N) is 5. The first-order chi connectivity index (χ1) is 12.3. The van der Waals surface area contributed by atoms with E-state index in [1.807, 2.05) is 42.6 Å². The third kappa shape index (κ3) is 3.15. The number of hydrogen-bond donors (Lipinski definition) is 0. The lowest BCUT2D eigenvalue weighted by molar-refractivity contribution is 0.415. The fourth-order valence-electron chi connectivity index (χ4n) is 3.20. The van der Waals surface area contributed by atoms with Crippen LogP contribution in [0.15, 0.2) is 54.9 Å². The maximum atomic E-state index is 5.21. The molecule has 3 aromatic rings. The average molecular weight is 333 g/mol. The predicted molar refractivity (Wildman–Crippen MR) is 95.4 cm³/mol. The van der Waals surface area contributed by atoms with Crippen molar-refractivity contribution in [3.8, 4) is 17.0 Å². The minimum absolute atomic E-state index is 0.203. The molecule has 1 unspecified atom stereocenters. The van der Waals surface area contributed by atoms with E-state index in [2.05, 4.69) is 26.1 Å². The maximum Gasteiger partial charge on any atom is 0.246 e. The van der Waals surface area contributed by atoms with E-state index < -0.39 is 0 Å². The molecular weight excluding hydrogens is 314 g/mol. The Hall–Kier alpha value is -3.02. The number of hydrogen-bond acceptors (Lipinski definition) is 6. The number of anilines is 1. The van der Waals surface area contributed by atoms with Gasteiger partial charge in [0.25, 0.3) is 0 Å². The van der Waals surface area contributed by atoms with Gasteiger partial charge in [-0.05, 0) is 49.2 Å². The average Bonchev–Trinajstić information content (AvgIpc) is 3.19. The molecule has 1 aliphatic heterocycles. The van der Waals surface area contributed by atoms with Crippen molar-refractivity contribution in [3.05, 3.63) is 60.6 Å². The summed E-state index contributed by atoms with van der Waals surface area (Å²) in [5.74, 6) is 1.47. The number of ether oxygens (including phenoxy) is 1. The van der Waals surface area contributed by atoms with Crippen molar-refractivity contribution < 1.29 is 4.74 Å². The molecule has 0 aliphatic carbocycles. The molecule has 0 N–H and O–H groups in total. The summed E-state index contributed by atoms with van der Waals surface area (Å²) in [7, 11) is 1.66. The summed E-state index contributed by atoms with van der Waals surface area (Å²) in [5, 5.41) is 8.44. The molecule has 0 bridgehead atoms. The van der Waals surface area contributed by atoms with E-state index in [4.69, 9.17) is 9.72 Å². The smallest absolute Gasteiger partial charge is 0.246 e. The van der Waals surface area contributed by atoms with Gasteiger partial charge in [0.05, 0.1) is 30.7 Å². The van der Waals surface area contributed by atoms with Crippen molar-refractivity contribution in [1.82, 2.24) is 20.2 Å². The van der Waals surface area contributed by atoms with Crippen LogP contribution >= 0.6 is 0 Å². The van der Waals surface area contributed by atoms with Gasteiger partial charge in [0, 0.05) is 18.3 Å². The highest BCUT2D eigenvalue weighted by Crippen LogP contribution is 2.33. The SMILES string of the molecule is COc1ccc(-c2cnnc(N3CCCC3c3ccccn3)n2)cc1. The predicted octanol–water partition coefficient (Wildman–Crippen LogP) is 3.28. The third-order valence-electron chi connectivity index (χ3n) is 4.47. The van der Waals surface area contributed by atoms with E-state index in [1.165, 1.54) is 0 Å². The summed E-state index contributed by atoms with van der Waals surface area (Å²) < 4.78 is 5.21. The highest BCUT2D eigenvalue weighted by molar-refractivity contribution is 5.60. The Morgan fingerprint density at radius 2 is 2.00 bits per heavy atom. The second-order valence-corrected chi connectivity index (χ2v) is 5.98. The van der Waals surface area contributed by atoms with Gasteiger partial charge >= 0.3 is 0 Å². The topological polar surface area (TPSA) is 64.0 Å². The minimum atomic E-state index is 0.203. The zero-order valence-electron chi connectivity index (χ0n) is 14.0. The molecule has 6 heteroatoms. The van der Waals surface area contributed by atoms with Crippen molar-refractivity contribution in [2.75, 3.05) is 18.6 Å². The van der Waals surface area contributed by atoms with Gasteiger partial charge in [-0.1, -0.05) is 6.07 Å². The molecule has 1 fully saturated rings. The molecule has 25 heavy (non-hydrogen) atoms. The van der Waals surface area contributed by atoms with Crippen LogP contribution in [0.3, 0.4) is 0 Å². The second-order valence-electron chi connectivity index (χ2n) is 5.98. The number of rotatable bonds is 4. The molecule has 3 heterocycles. The summed E-state index contributed by atoms with van der Waals surface area (Å²) in [4.78, 5) is 11.4. The van der Waals surface area contributed by atoms with E-state index in [-0.39, 0.29) is 6.04 Å². The summed E-state index contributed by atoms with van der Waals surface area (Å²) in [6.07, 6.45) is 5.67. The van der Waals surface area contributed by atoms with Crippen LogP contribution in [0.2, 0.25) is 0 Å². The molecule has 0 saturated carbocycles. The van der Waals surface area contributed by atoms with Crippen molar-refractivity contribution in [2.45, 2.75) is 18.9 Å². The molecule has 2 aromatic heterocycles. The van der Waals surface area contributed by atoms with Crippen molar-refractivity contribution >= 4 is 5.95 Å². The normalized spacial score (nSPS) is 16.8. The summed E-state index contributed by atoms with van der Waals surface area (Å²) >= 11 is 0. The molecule has 1 aromatic carbocycles. The highest BCUT2D eigenvalue weighted by atomic mass is 16.5. The molecular formula is C19H19N5O. The van der Waals surface area contributed by atoms with Crippen LogP contribution < -0.4 is 9.64 Å². The fourth-order valence-corrected chi connectivity index (χ4v) is 3.20. The standard InChI is InChI=1S/C19H19N5O/c1-25-15-9-7-14(8-10-15)17-13-21-23-19(22-17)24-12-4-6-18(24)16-5-2-3-11-20-16/h2-3,5,7-11,13,18H,4,6,12H2,1H3. The van der Waals surface area contributed by atoms with Gasteiger partial charge in [0.2, 0.25) is 5.95 Å². The van der Waals surface area contributed by atoms with E-state index in [0.717, 1.165) is 42.1 Å².